The van der Waals surface area contributed by atoms with E-state index in [1.54, 1.807) is 4.90 Å². The van der Waals surface area contributed by atoms with Crippen LogP contribution in [-0.4, -0.2) is 54.1 Å². The Morgan fingerprint density at radius 1 is 1.38 bits per heavy atom. The van der Waals surface area contributed by atoms with Crippen LogP contribution in [0.2, 0.25) is 0 Å². The minimum Gasteiger partial charge on any atom is -0.396 e. The normalized spacial score (nSPS) is 19.1. The van der Waals surface area contributed by atoms with Crippen LogP contribution in [0.25, 0.3) is 0 Å². The van der Waals surface area contributed by atoms with Crippen molar-refractivity contribution in [3.63, 3.8) is 0 Å². The highest BCUT2D eigenvalue weighted by molar-refractivity contribution is 5.83. The summed E-state index contributed by atoms with van der Waals surface area (Å²) in [7, 11) is 0. The second-order valence-electron chi connectivity index (χ2n) is 5.88. The molecule has 0 radical (unpaired) electrons. The van der Waals surface area contributed by atoms with Gasteiger partial charge in [0.05, 0.1) is 6.04 Å². The summed E-state index contributed by atoms with van der Waals surface area (Å²) in [5.74, 6) is 0.176. The van der Waals surface area contributed by atoms with Gasteiger partial charge in [-0.1, -0.05) is 20.3 Å². The van der Waals surface area contributed by atoms with Gasteiger partial charge in [0.15, 0.2) is 0 Å². The zero-order chi connectivity index (χ0) is 15.8. The van der Waals surface area contributed by atoms with Gasteiger partial charge in [-0.2, -0.15) is 0 Å². The zero-order valence-corrected chi connectivity index (χ0v) is 13.2. The predicted octanol–water partition coefficient (Wildman–Crippen LogP) is 0.0970. The lowest BCUT2D eigenvalue weighted by Gasteiger charge is -2.34. The summed E-state index contributed by atoms with van der Waals surface area (Å²) in [5.41, 5.74) is 5.98. The van der Waals surface area contributed by atoms with Crippen molar-refractivity contribution >= 4 is 11.8 Å². The maximum Gasteiger partial charge on any atom is 0.239 e. The molecule has 0 aromatic rings. The van der Waals surface area contributed by atoms with E-state index < -0.39 is 6.04 Å². The summed E-state index contributed by atoms with van der Waals surface area (Å²) in [6.45, 7) is 5.81. The first-order valence-corrected chi connectivity index (χ1v) is 7.94. The van der Waals surface area contributed by atoms with Crippen LogP contribution in [0.15, 0.2) is 0 Å². The SMILES string of the molecule is CCC(C)C(N)C(=O)N1CCC(C(=O)NCCCO)CC1. The number of carbonyl (C=O) groups excluding carboxylic acids is 2. The van der Waals surface area contributed by atoms with E-state index in [9.17, 15) is 9.59 Å². The molecule has 21 heavy (non-hydrogen) atoms. The van der Waals surface area contributed by atoms with Crippen molar-refractivity contribution in [2.75, 3.05) is 26.2 Å². The number of carbonyl (C=O) groups is 2. The molecule has 0 aromatic carbocycles. The minimum atomic E-state index is -0.440. The summed E-state index contributed by atoms with van der Waals surface area (Å²) in [5, 5.41) is 11.5. The van der Waals surface area contributed by atoms with E-state index in [2.05, 4.69) is 5.32 Å². The Bertz CT molecular complexity index is 341. The van der Waals surface area contributed by atoms with Crippen LogP contribution >= 0.6 is 0 Å². The number of aliphatic hydroxyl groups excluding tert-OH is 1. The van der Waals surface area contributed by atoms with Crippen molar-refractivity contribution < 1.29 is 14.7 Å². The fourth-order valence-corrected chi connectivity index (χ4v) is 2.51. The molecular weight excluding hydrogens is 270 g/mol. The smallest absolute Gasteiger partial charge is 0.239 e. The third-order valence-corrected chi connectivity index (χ3v) is 4.35. The molecule has 1 heterocycles. The number of likely N-dealkylation sites (tertiary alicyclic amines) is 1. The third kappa shape index (κ3) is 5.28. The van der Waals surface area contributed by atoms with Crippen LogP contribution in [0.4, 0.5) is 0 Å². The van der Waals surface area contributed by atoms with Crippen LogP contribution < -0.4 is 11.1 Å². The average molecular weight is 299 g/mol. The van der Waals surface area contributed by atoms with Gasteiger partial charge in [0.2, 0.25) is 11.8 Å². The lowest BCUT2D eigenvalue weighted by molar-refractivity contribution is -0.137. The molecule has 2 unspecified atom stereocenters. The Kier molecular flexibility index (Phi) is 7.67. The highest BCUT2D eigenvalue weighted by Crippen LogP contribution is 2.19. The van der Waals surface area contributed by atoms with Crippen LogP contribution in [0.5, 0.6) is 0 Å². The highest BCUT2D eigenvalue weighted by atomic mass is 16.3. The monoisotopic (exact) mass is 299 g/mol. The number of nitrogens with two attached hydrogens (primary N) is 1. The van der Waals surface area contributed by atoms with E-state index in [0.717, 1.165) is 6.42 Å². The van der Waals surface area contributed by atoms with Gasteiger partial charge in [0.25, 0.3) is 0 Å². The largest absolute Gasteiger partial charge is 0.396 e. The number of hydrogen-bond donors (Lipinski definition) is 3. The maximum absolute atomic E-state index is 12.3. The van der Waals surface area contributed by atoms with E-state index in [1.807, 2.05) is 13.8 Å². The first kappa shape index (κ1) is 17.9. The average Bonchev–Trinajstić information content (AvgIpc) is 2.52. The van der Waals surface area contributed by atoms with Crippen LogP contribution in [0.3, 0.4) is 0 Å². The van der Waals surface area contributed by atoms with Gasteiger partial charge < -0.3 is 21.1 Å². The van der Waals surface area contributed by atoms with E-state index in [4.69, 9.17) is 10.8 Å². The number of piperidine rings is 1. The molecule has 122 valence electrons. The van der Waals surface area contributed by atoms with Crippen LogP contribution in [0.1, 0.15) is 39.5 Å². The lowest BCUT2D eigenvalue weighted by atomic mass is 9.93. The third-order valence-electron chi connectivity index (χ3n) is 4.35. The summed E-state index contributed by atoms with van der Waals surface area (Å²) in [4.78, 5) is 26.0. The molecule has 0 aliphatic carbocycles. The minimum absolute atomic E-state index is 0.00323. The Balaban J connectivity index is 2.37. The summed E-state index contributed by atoms with van der Waals surface area (Å²) < 4.78 is 0. The molecule has 1 saturated heterocycles. The first-order valence-electron chi connectivity index (χ1n) is 7.94. The number of nitrogens with zero attached hydrogens (tertiary/aromatic N) is 1. The fraction of sp³-hybridized carbons (Fsp3) is 0.867. The Morgan fingerprint density at radius 2 is 2.00 bits per heavy atom. The van der Waals surface area contributed by atoms with Gasteiger partial charge in [0, 0.05) is 32.2 Å². The number of hydrogen-bond acceptors (Lipinski definition) is 4. The quantitative estimate of drug-likeness (QED) is 0.581. The molecule has 1 fully saturated rings. The topological polar surface area (TPSA) is 95.7 Å². The Morgan fingerprint density at radius 3 is 2.52 bits per heavy atom. The molecule has 1 aliphatic rings. The highest BCUT2D eigenvalue weighted by Gasteiger charge is 2.30. The van der Waals surface area contributed by atoms with Crippen LogP contribution in [0, 0.1) is 11.8 Å². The molecule has 0 spiro atoms. The zero-order valence-electron chi connectivity index (χ0n) is 13.2. The Labute approximate surface area is 127 Å². The molecule has 6 heteroatoms. The van der Waals surface area contributed by atoms with Crippen molar-refractivity contribution in [3.05, 3.63) is 0 Å². The van der Waals surface area contributed by atoms with Gasteiger partial charge in [-0.05, 0) is 25.2 Å². The number of nitrogens with one attached hydrogen (secondary N) is 1. The molecule has 4 N–H and O–H groups in total. The molecule has 1 rings (SSSR count). The van der Waals surface area contributed by atoms with E-state index in [1.165, 1.54) is 0 Å². The predicted molar refractivity (Wildman–Crippen MR) is 81.4 cm³/mol. The fourth-order valence-electron chi connectivity index (χ4n) is 2.51. The van der Waals surface area contributed by atoms with Crippen molar-refractivity contribution in [2.24, 2.45) is 17.6 Å². The molecule has 1 aliphatic heterocycles. The van der Waals surface area contributed by atoms with E-state index >= 15 is 0 Å². The van der Waals surface area contributed by atoms with Gasteiger partial charge in [-0.25, -0.2) is 0 Å². The van der Waals surface area contributed by atoms with Crippen molar-refractivity contribution in [3.8, 4) is 0 Å². The molecule has 0 aromatic heterocycles. The maximum atomic E-state index is 12.3. The molecule has 0 bridgehead atoms. The van der Waals surface area contributed by atoms with Gasteiger partial charge >= 0.3 is 0 Å². The summed E-state index contributed by atoms with van der Waals surface area (Å²) >= 11 is 0. The van der Waals surface area contributed by atoms with E-state index in [-0.39, 0.29) is 30.3 Å². The first-order chi connectivity index (χ1) is 10.0. The summed E-state index contributed by atoms with van der Waals surface area (Å²) in [6, 6.07) is -0.440. The van der Waals surface area contributed by atoms with Crippen LogP contribution in [-0.2, 0) is 9.59 Å². The second-order valence-corrected chi connectivity index (χ2v) is 5.88. The van der Waals surface area contributed by atoms with Crippen molar-refractivity contribution in [2.45, 2.75) is 45.6 Å². The standard InChI is InChI=1S/C15H29N3O3/c1-3-11(2)13(16)15(21)18-8-5-12(6-9-18)14(20)17-7-4-10-19/h11-13,19H,3-10,16H2,1-2H3,(H,17,20). The van der Waals surface area contributed by atoms with E-state index in [0.29, 0.717) is 38.9 Å². The summed E-state index contributed by atoms with van der Waals surface area (Å²) in [6.07, 6.45) is 2.83. The number of amides is 2. The van der Waals surface area contributed by atoms with Crippen molar-refractivity contribution in [1.29, 1.82) is 0 Å². The molecule has 0 saturated carbocycles. The number of rotatable bonds is 7. The second kappa shape index (κ2) is 9.00. The van der Waals surface area contributed by atoms with Crippen molar-refractivity contribution in [1.82, 2.24) is 10.2 Å². The number of aliphatic hydroxyl groups is 1. The molecule has 6 nitrogen and oxygen atoms in total. The molecule has 2 amide bonds. The molecular formula is C15H29N3O3. The van der Waals surface area contributed by atoms with Gasteiger partial charge in [-0.15, -0.1) is 0 Å². The van der Waals surface area contributed by atoms with Gasteiger partial charge in [0.1, 0.15) is 0 Å². The van der Waals surface area contributed by atoms with Gasteiger partial charge in [-0.3, -0.25) is 9.59 Å². The Hall–Kier alpha value is -1.14. The molecule has 2 atom stereocenters. The lowest BCUT2D eigenvalue weighted by Crippen LogP contribution is -2.50.